The number of carboxylic acid groups (broad SMARTS) is 1. The second-order valence-electron chi connectivity index (χ2n) is 16.9. The van der Waals surface area contributed by atoms with Crippen molar-refractivity contribution in [2.75, 3.05) is 330 Å². The van der Waals surface area contributed by atoms with Crippen molar-refractivity contribution in [1.29, 1.82) is 0 Å². The number of ether oxygens (including phenoxy) is 24. The number of nitrogens with one attached hydrogen (secondary N) is 1. The Kier molecular flexibility index (Phi) is 76.0. The average molecular weight is 1200 g/mol. The molecule has 82 heavy (non-hydrogen) atoms. The quantitative estimate of drug-likeness (QED) is 0.0811. The van der Waals surface area contributed by atoms with E-state index < -0.39 is 5.97 Å². The molecule has 0 atom stereocenters. The normalized spacial score (nSPS) is 11.7. The van der Waals surface area contributed by atoms with Gasteiger partial charge in [0.15, 0.2) is 0 Å². The molecule has 0 aromatic heterocycles. The van der Waals surface area contributed by atoms with Crippen LogP contribution in [-0.4, -0.2) is 341 Å². The highest BCUT2D eigenvalue weighted by atomic mass is 16.6. The minimum Gasteiger partial charge on any atom is -0.481 e. The van der Waals surface area contributed by atoms with Gasteiger partial charge in [-0.1, -0.05) is 13.3 Å². The summed E-state index contributed by atoms with van der Waals surface area (Å²) in [5, 5.41) is 11.9. The van der Waals surface area contributed by atoms with E-state index in [0.717, 1.165) is 13.1 Å². The Morgan fingerprint density at radius 2 is 0.354 bits per heavy atom. The van der Waals surface area contributed by atoms with Gasteiger partial charge in [-0.15, -0.1) is 0 Å². The van der Waals surface area contributed by atoms with Crippen molar-refractivity contribution in [2.24, 2.45) is 0 Å². The maximum absolute atomic E-state index is 10.4. The summed E-state index contributed by atoms with van der Waals surface area (Å²) in [7, 11) is 0. The molecule has 0 fully saturated rings. The van der Waals surface area contributed by atoms with Crippen molar-refractivity contribution in [3.05, 3.63) is 0 Å². The summed E-state index contributed by atoms with van der Waals surface area (Å²) < 4.78 is 132. The summed E-state index contributed by atoms with van der Waals surface area (Å²) in [5.74, 6) is -0.879. The van der Waals surface area contributed by atoms with Gasteiger partial charge in [0.2, 0.25) is 0 Å². The molecule has 0 aromatic carbocycles. The van der Waals surface area contributed by atoms with Crippen LogP contribution in [0.4, 0.5) is 0 Å². The minimum absolute atomic E-state index is 0.00951. The molecule has 0 heterocycles. The van der Waals surface area contributed by atoms with E-state index in [-0.39, 0.29) is 13.0 Å². The van der Waals surface area contributed by atoms with Gasteiger partial charge < -0.3 is 124 Å². The molecule has 0 aromatic rings. The van der Waals surface area contributed by atoms with E-state index in [1.54, 1.807) is 0 Å². The molecule has 2 N–H and O–H groups in total. The fraction of sp³-hybridized carbons (Fsp3) is 0.982. The van der Waals surface area contributed by atoms with Crippen LogP contribution in [0.5, 0.6) is 0 Å². The highest BCUT2D eigenvalue weighted by Gasteiger charge is 2.01. The fourth-order valence-corrected chi connectivity index (χ4v) is 5.89. The SMILES string of the molecule is CCCCNCCOCCOCCOCCOCCOCCOCCOCCOCCOCCOCCOCCOCCOCCOCCOCCOCCOCCOCCOCCOCCOCCOCCOCCOCCC(=O)O. The number of rotatable bonds is 78. The molecule has 0 radical (unpaired) electrons. The number of aliphatic carboxylic acids is 1. The standard InChI is InChI=1S/C55H111NO26/c1-2-3-5-56-6-8-60-10-12-62-14-16-64-18-20-66-22-24-68-26-28-70-30-32-72-34-36-74-38-40-76-42-44-78-46-48-80-50-52-82-54-53-81-51-49-79-47-45-77-43-41-75-39-37-73-35-33-71-31-29-69-27-25-67-23-21-65-19-17-63-15-13-61-11-9-59-7-4-55(57)58/h56H,2-54H2,1H3,(H,57,58). The van der Waals surface area contributed by atoms with E-state index in [2.05, 4.69) is 12.2 Å². The van der Waals surface area contributed by atoms with Crippen LogP contribution in [0.25, 0.3) is 0 Å². The fourth-order valence-electron chi connectivity index (χ4n) is 5.89. The van der Waals surface area contributed by atoms with E-state index in [0.29, 0.717) is 311 Å². The van der Waals surface area contributed by atoms with E-state index in [4.69, 9.17) is 119 Å². The van der Waals surface area contributed by atoms with Crippen LogP contribution < -0.4 is 5.32 Å². The Morgan fingerprint density at radius 1 is 0.220 bits per heavy atom. The van der Waals surface area contributed by atoms with Crippen LogP contribution in [-0.2, 0) is 118 Å². The molecule has 0 spiro atoms. The number of carboxylic acids is 1. The van der Waals surface area contributed by atoms with Crippen molar-refractivity contribution in [1.82, 2.24) is 5.32 Å². The molecule has 0 amide bonds. The van der Waals surface area contributed by atoms with Gasteiger partial charge in [0.1, 0.15) is 0 Å². The van der Waals surface area contributed by atoms with Crippen molar-refractivity contribution in [3.63, 3.8) is 0 Å². The van der Waals surface area contributed by atoms with Crippen LogP contribution in [0.2, 0.25) is 0 Å². The van der Waals surface area contributed by atoms with Crippen LogP contribution in [0, 0.1) is 0 Å². The summed E-state index contributed by atoms with van der Waals surface area (Å²) in [5.41, 5.74) is 0. The molecule has 0 bridgehead atoms. The van der Waals surface area contributed by atoms with Crippen LogP contribution in [0.15, 0.2) is 0 Å². The molecule has 27 nitrogen and oxygen atoms in total. The van der Waals surface area contributed by atoms with Crippen LogP contribution in [0.3, 0.4) is 0 Å². The van der Waals surface area contributed by atoms with E-state index in [1.807, 2.05) is 0 Å². The maximum atomic E-state index is 10.4. The lowest BCUT2D eigenvalue weighted by Crippen LogP contribution is -2.21. The number of unbranched alkanes of at least 4 members (excludes halogenated alkanes) is 1. The summed E-state index contributed by atoms with van der Waals surface area (Å²) >= 11 is 0. The van der Waals surface area contributed by atoms with Crippen molar-refractivity contribution < 1.29 is 124 Å². The second kappa shape index (κ2) is 77.5. The summed E-state index contributed by atoms with van der Waals surface area (Å²) in [6, 6.07) is 0. The first-order valence-electron chi connectivity index (χ1n) is 29.6. The summed E-state index contributed by atoms with van der Waals surface area (Å²) in [6.07, 6.45) is 2.39. The molecule has 0 saturated heterocycles. The van der Waals surface area contributed by atoms with Gasteiger partial charge in [0, 0.05) is 6.54 Å². The van der Waals surface area contributed by atoms with Gasteiger partial charge in [-0.3, -0.25) is 4.79 Å². The Balaban J connectivity index is 3.08. The van der Waals surface area contributed by atoms with Crippen molar-refractivity contribution in [3.8, 4) is 0 Å². The predicted octanol–water partition coefficient (Wildman–Crippen LogP) is 1.25. The van der Waals surface area contributed by atoms with E-state index >= 15 is 0 Å². The molecule has 0 unspecified atom stereocenters. The monoisotopic (exact) mass is 1200 g/mol. The van der Waals surface area contributed by atoms with Gasteiger partial charge in [0.05, 0.1) is 324 Å². The molecule has 0 aliphatic rings. The molecular weight excluding hydrogens is 1090 g/mol. The zero-order chi connectivity index (χ0) is 58.7. The minimum atomic E-state index is -0.879. The summed E-state index contributed by atoms with van der Waals surface area (Å²) in [6.45, 7) is 27.3. The molecule has 492 valence electrons. The zero-order valence-corrected chi connectivity index (χ0v) is 50.1. The first-order chi connectivity index (χ1) is 40.8. The number of hydrogen-bond acceptors (Lipinski definition) is 26. The highest BCUT2D eigenvalue weighted by molar-refractivity contribution is 5.66. The summed E-state index contributed by atoms with van der Waals surface area (Å²) in [4.78, 5) is 10.4. The number of carbonyl (C=O) groups is 1. The first kappa shape index (κ1) is 80.5. The van der Waals surface area contributed by atoms with Crippen LogP contribution >= 0.6 is 0 Å². The molecule has 0 rings (SSSR count). The molecule has 0 aliphatic heterocycles. The third-order valence-corrected chi connectivity index (χ3v) is 10.1. The maximum Gasteiger partial charge on any atom is 0.305 e. The lowest BCUT2D eigenvalue weighted by molar-refractivity contribution is -0.138. The predicted molar refractivity (Wildman–Crippen MR) is 300 cm³/mol. The molecule has 0 aliphatic carbocycles. The Hall–Kier alpha value is -1.53. The average Bonchev–Trinajstić information content (AvgIpc) is 3.47. The molecular formula is C55H111NO26. The van der Waals surface area contributed by atoms with E-state index in [9.17, 15) is 4.79 Å². The second-order valence-corrected chi connectivity index (χ2v) is 16.9. The van der Waals surface area contributed by atoms with Crippen molar-refractivity contribution in [2.45, 2.75) is 26.2 Å². The van der Waals surface area contributed by atoms with Gasteiger partial charge >= 0.3 is 5.97 Å². The molecule has 0 saturated carbocycles. The van der Waals surface area contributed by atoms with E-state index in [1.165, 1.54) is 12.8 Å². The Morgan fingerprint density at radius 3 is 0.488 bits per heavy atom. The molecule has 27 heteroatoms. The zero-order valence-electron chi connectivity index (χ0n) is 50.1. The van der Waals surface area contributed by atoms with Gasteiger partial charge in [-0.25, -0.2) is 0 Å². The lowest BCUT2D eigenvalue weighted by Gasteiger charge is -2.09. The Bertz CT molecular complexity index is 1150. The number of hydrogen-bond donors (Lipinski definition) is 2. The van der Waals surface area contributed by atoms with Gasteiger partial charge in [-0.2, -0.15) is 0 Å². The highest BCUT2D eigenvalue weighted by Crippen LogP contribution is 1.92. The smallest absolute Gasteiger partial charge is 0.305 e. The van der Waals surface area contributed by atoms with Crippen molar-refractivity contribution >= 4 is 5.97 Å². The Labute approximate surface area is 490 Å². The third kappa shape index (κ3) is 78.5. The van der Waals surface area contributed by atoms with Gasteiger partial charge in [0.25, 0.3) is 0 Å². The topological polar surface area (TPSA) is 271 Å². The lowest BCUT2D eigenvalue weighted by atomic mass is 10.3. The largest absolute Gasteiger partial charge is 0.481 e. The van der Waals surface area contributed by atoms with Crippen LogP contribution in [0.1, 0.15) is 26.2 Å². The first-order valence-corrected chi connectivity index (χ1v) is 29.6. The van der Waals surface area contributed by atoms with Gasteiger partial charge in [-0.05, 0) is 13.0 Å². The third-order valence-electron chi connectivity index (χ3n) is 10.1.